The summed E-state index contributed by atoms with van der Waals surface area (Å²) in [5, 5.41) is 0. The van der Waals surface area contributed by atoms with Gasteiger partial charge in [0.2, 0.25) is 5.89 Å². The van der Waals surface area contributed by atoms with Gasteiger partial charge in [0.05, 0.1) is 5.69 Å². The van der Waals surface area contributed by atoms with Gasteiger partial charge in [-0.25, -0.2) is 9.37 Å². The van der Waals surface area contributed by atoms with Gasteiger partial charge in [-0.2, -0.15) is 0 Å². The van der Waals surface area contributed by atoms with Crippen molar-refractivity contribution in [3.63, 3.8) is 0 Å². The first-order chi connectivity index (χ1) is 11.7. The molecule has 4 rings (SSSR count). The van der Waals surface area contributed by atoms with Crippen molar-refractivity contribution in [2.24, 2.45) is 5.84 Å². The Labute approximate surface area is 137 Å². The summed E-state index contributed by atoms with van der Waals surface area (Å²) >= 11 is 0. The van der Waals surface area contributed by atoms with Crippen molar-refractivity contribution in [1.82, 2.24) is 4.98 Å². The Morgan fingerprint density at radius 1 is 0.917 bits per heavy atom. The van der Waals surface area contributed by atoms with Crippen molar-refractivity contribution in [2.75, 3.05) is 5.43 Å². The molecule has 0 aliphatic rings. The number of nitrogens with zero attached hydrogens (tertiary/aromatic N) is 1. The topological polar surface area (TPSA) is 64.1 Å². The second-order valence-electron chi connectivity index (χ2n) is 5.40. The first-order valence-electron chi connectivity index (χ1n) is 7.47. The number of para-hydroxylation sites is 2. The summed E-state index contributed by atoms with van der Waals surface area (Å²) in [6.45, 7) is 0. The SMILES string of the molecule is NNc1cc(-c2nc3ccccc3o2)ccc1-c1ccc(F)cc1. The normalized spacial score (nSPS) is 10.9. The maximum Gasteiger partial charge on any atom is 0.227 e. The highest BCUT2D eigenvalue weighted by molar-refractivity contribution is 5.82. The predicted octanol–water partition coefficient (Wildman–Crippen LogP) is 4.59. The van der Waals surface area contributed by atoms with Gasteiger partial charge >= 0.3 is 0 Å². The summed E-state index contributed by atoms with van der Waals surface area (Å²) in [4.78, 5) is 4.49. The summed E-state index contributed by atoms with van der Waals surface area (Å²) in [5.41, 5.74) is 7.49. The van der Waals surface area contributed by atoms with Crippen LogP contribution in [0.25, 0.3) is 33.7 Å². The molecular weight excluding hydrogens is 305 g/mol. The molecule has 1 heterocycles. The van der Waals surface area contributed by atoms with Gasteiger partial charge in [0.15, 0.2) is 5.58 Å². The number of hydrazine groups is 1. The second kappa shape index (κ2) is 5.79. The summed E-state index contributed by atoms with van der Waals surface area (Å²) < 4.78 is 18.9. The maximum atomic E-state index is 13.1. The van der Waals surface area contributed by atoms with Crippen molar-refractivity contribution in [3.8, 4) is 22.6 Å². The van der Waals surface area contributed by atoms with E-state index in [9.17, 15) is 4.39 Å². The van der Waals surface area contributed by atoms with Gasteiger partial charge < -0.3 is 9.84 Å². The Kier molecular flexibility index (Phi) is 3.48. The number of oxazole rings is 1. The van der Waals surface area contributed by atoms with Gasteiger partial charge in [0.1, 0.15) is 11.3 Å². The number of nitrogens with two attached hydrogens (primary N) is 1. The standard InChI is InChI=1S/C19H14FN3O/c20-14-8-5-12(6-9-14)15-10-7-13(11-17(15)23-21)19-22-16-3-1-2-4-18(16)24-19/h1-11,23H,21H2. The molecule has 3 aromatic carbocycles. The number of anilines is 1. The van der Waals surface area contributed by atoms with Gasteiger partial charge in [-0.1, -0.05) is 30.3 Å². The van der Waals surface area contributed by atoms with E-state index in [0.717, 1.165) is 27.8 Å². The van der Waals surface area contributed by atoms with Crippen LogP contribution in [0.1, 0.15) is 0 Å². The van der Waals surface area contributed by atoms with Crippen molar-refractivity contribution in [1.29, 1.82) is 0 Å². The van der Waals surface area contributed by atoms with Gasteiger partial charge in [0, 0.05) is 11.1 Å². The lowest BCUT2D eigenvalue weighted by molar-refractivity contribution is 0.620. The molecule has 24 heavy (non-hydrogen) atoms. The number of hydrogen-bond acceptors (Lipinski definition) is 4. The van der Waals surface area contributed by atoms with E-state index in [0.29, 0.717) is 11.6 Å². The van der Waals surface area contributed by atoms with E-state index in [4.69, 9.17) is 10.3 Å². The van der Waals surface area contributed by atoms with Crippen LogP contribution in [0, 0.1) is 5.82 Å². The molecule has 0 saturated carbocycles. The number of nitrogens with one attached hydrogen (secondary N) is 1. The minimum Gasteiger partial charge on any atom is -0.436 e. The molecular formula is C19H14FN3O. The van der Waals surface area contributed by atoms with Gasteiger partial charge in [-0.05, 0) is 42.0 Å². The summed E-state index contributed by atoms with van der Waals surface area (Å²) in [6, 6.07) is 19.5. The van der Waals surface area contributed by atoms with E-state index in [1.54, 1.807) is 12.1 Å². The molecule has 1 aromatic heterocycles. The number of hydrogen-bond donors (Lipinski definition) is 2. The largest absolute Gasteiger partial charge is 0.436 e. The van der Waals surface area contributed by atoms with Crippen LogP contribution in [0.2, 0.25) is 0 Å². The maximum absolute atomic E-state index is 13.1. The molecule has 0 bridgehead atoms. The number of halogens is 1. The Bertz CT molecular complexity index is 976. The minimum absolute atomic E-state index is 0.274. The molecule has 0 aliphatic heterocycles. The molecule has 0 amide bonds. The fourth-order valence-corrected chi connectivity index (χ4v) is 2.67. The molecule has 0 radical (unpaired) electrons. The molecule has 3 N–H and O–H groups in total. The van der Waals surface area contributed by atoms with Crippen molar-refractivity contribution >= 4 is 16.8 Å². The predicted molar refractivity (Wildman–Crippen MR) is 92.6 cm³/mol. The lowest BCUT2D eigenvalue weighted by Gasteiger charge is -2.10. The average Bonchev–Trinajstić information content (AvgIpc) is 3.06. The molecule has 0 saturated heterocycles. The third-order valence-corrected chi connectivity index (χ3v) is 3.87. The fraction of sp³-hybridized carbons (Fsp3) is 0. The molecule has 0 unspecified atom stereocenters. The number of nitrogen functional groups attached to an aromatic ring is 1. The smallest absolute Gasteiger partial charge is 0.227 e. The van der Waals surface area contributed by atoms with Crippen molar-refractivity contribution < 1.29 is 8.81 Å². The molecule has 118 valence electrons. The molecule has 4 aromatic rings. The summed E-state index contributed by atoms with van der Waals surface area (Å²) in [7, 11) is 0. The lowest BCUT2D eigenvalue weighted by Crippen LogP contribution is -2.08. The number of benzene rings is 3. The third-order valence-electron chi connectivity index (χ3n) is 3.87. The summed E-state index contributed by atoms with van der Waals surface area (Å²) in [5.74, 6) is 5.92. The van der Waals surface area contributed by atoms with E-state index < -0.39 is 0 Å². The van der Waals surface area contributed by atoms with Crippen LogP contribution in [-0.4, -0.2) is 4.98 Å². The molecule has 0 aliphatic carbocycles. The Morgan fingerprint density at radius 3 is 2.42 bits per heavy atom. The number of rotatable bonds is 3. The third kappa shape index (κ3) is 2.51. The highest BCUT2D eigenvalue weighted by Crippen LogP contribution is 2.33. The monoisotopic (exact) mass is 319 g/mol. The van der Waals surface area contributed by atoms with Crippen LogP contribution in [-0.2, 0) is 0 Å². The van der Waals surface area contributed by atoms with Crippen molar-refractivity contribution in [3.05, 3.63) is 72.5 Å². The lowest BCUT2D eigenvalue weighted by atomic mass is 10.0. The van der Waals surface area contributed by atoms with E-state index >= 15 is 0 Å². The highest BCUT2D eigenvalue weighted by atomic mass is 19.1. The summed E-state index contributed by atoms with van der Waals surface area (Å²) in [6.07, 6.45) is 0. The quantitative estimate of drug-likeness (QED) is 0.428. The molecule has 5 heteroatoms. The minimum atomic E-state index is -0.274. The van der Waals surface area contributed by atoms with E-state index in [-0.39, 0.29) is 5.82 Å². The number of aromatic nitrogens is 1. The Hall–Kier alpha value is -3.18. The average molecular weight is 319 g/mol. The Balaban J connectivity index is 1.79. The zero-order chi connectivity index (χ0) is 16.5. The second-order valence-corrected chi connectivity index (χ2v) is 5.40. The van der Waals surface area contributed by atoms with Crippen LogP contribution in [0.3, 0.4) is 0 Å². The van der Waals surface area contributed by atoms with E-state index in [1.165, 1.54) is 12.1 Å². The zero-order valence-corrected chi connectivity index (χ0v) is 12.7. The highest BCUT2D eigenvalue weighted by Gasteiger charge is 2.11. The van der Waals surface area contributed by atoms with Crippen LogP contribution in [0.4, 0.5) is 10.1 Å². The Morgan fingerprint density at radius 2 is 1.67 bits per heavy atom. The van der Waals surface area contributed by atoms with Gasteiger partial charge in [0.25, 0.3) is 0 Å². The first kappa shape index (κ1) is 14.4. The van der Waals surface area contributed by atoms with E-state index in [1.807, 2.05) is 42.5 Å². The van der Waals surface area contributed by atoms with Gasteiger partial charge in [-0.3, -0.25) is 5.84 Å². The van der Waals surface area contributed by atoms with Gasteiger partial charge in [-0.15, -0.1) is 0 Å². The molecule has 0 atom stereocenters. The fourth-order valence-electron chi connectivity index (χ4n) is 2.67. The van der Waals surface area contributed by atoms with E-state index in [2.05, 4.69) is 10.4 Å². The van der Waals surface area contributed by atoms with Crippen LogP contribution >= 0.6 is 0 Å². The van der Waals surface area contributed by atoms with Crippen molar-refractivity contribution in [2.45, 2.75) is 0 Å². The van der Waals surface area contributed by atoms with Crippen LogP contribution in [0.15, 0.2) is 71.1 Å². The molecule has 0 spiro atoms. The first-order valence-corrected chi connectivity index (χ1v) is 7.47. The molecule has 4 nitrogen and oxygen atoms in total. The zero-order valence-electron chi connectivity index (χ0n) is 12.7. The molecule has 0 fully saturated rings. The van der Waals surface area contributed by atoms with Crippen LogP contribution < -0.4 is 11.3 Å². The number of fused-ring (bicyclic) bond motifs is 1. The van der Waals surface area contributed by atoms with Crippen LogP contribution in [0.5, 0.6) is 0 Å².